The van der Waals surface area contributed by atoms with Crippen molar-refractivity contribution in [3.05, 3.63) is 45.9 Å². The Morgan fingerprint density at radius 1 is 1.41 bits per heavy atom. The van der Waals surface area contributed by atoms with E-state index in [2.05, 4.69) is 42.1 Å². The molecule has 17 heavy (non-hydrogen) atoms. The molecule has 0 aliphatic rings. The van der Waals surface area contributed by atoms with Crippen LogP contribution in [0, 0.1) is 6.92 Å². The zero-order chi connectivity index (χ0) is 12.3. The van der Waals surface area contributed by atoms with Gasteiger partial charge in [-0.25, -0.2) is 4.98 Å². The molecule has 0 fully saturated rings. The largest absolute Gasteiger partial charge is 0.369 e. The van der Waals surface area contributed by atoms with Gasteiger partial charge in [0.05, 0.1) is 17.7 Å². The number of hydrogen-bond acceptors (Lipinski definition) is 4. The van der Waals surface area contributed by atoms with Gasteiger partial charge in [0.2, 0.25) is 0 Å². The van der Waals surface area contributed by atoms with Gasteiger partial charge in [0.25, 0.3) is 0 Å². The molecule has 0 spiro atoms. The molecule has 0 radical (unpaired) electrons. The van der Waals surface area contributed by atoms with Crippen molar-refractivity contribution in [1.29, 1.82) is 0 Å². The van der Waals surface area contributed by atoms with Crippen molar-refractivity contribution in [2.45, 2.75) is 20.0 Å². The molecule has 90 valence electrons. The predicted octanol–water partition coefficient (Wildman–Crippen LogP) is 2.55. The molecular weight excluding hydrogens is 230 g/mol. The Morgan fingerprint density at radius 3 is 2.88 bits per heavy atom. The fourth-order valence-corrected chi connectivity index (χ4v) is 2.54. The summed E-state index contributed by atoms with van der Waals surface area (Å²) in [5, 5.41) is 0. The topological polar surface area (TPSA) is 42.2 Å². The normalized spacial score (nSPS) is 10.5. The van der Waals surface area contributed by atoms with E-state index in [1.165, 1.54) is 10.6 Å². The van der Waals surface area contributed by atoms with Crippen LogP contribution in [0.15, 0.2) is 29.8 Å². The third-order valence-corrected chi connectivity index (χ3v) is 3.73. The van der Waals surface area contributed by atoms with Crippen LogP contribution in [-0.4, -0.2) is 12.0 Å². The molecule has 0 saturated heterocycles. The molecule has 2 rings (SSSR count). The maximum absolute atomic E-state index is 5.65. The molecule has 3 nitrogen and oxygen atoms in total. The standard InChI is InChI=1S/C13H17N3S/c1-10-13(17-9-15-10)8-16(2)12-5-3-4-11(6-12)7-14/h3-6,9H,7-8,14H2,1-2H3. The zero-order valence-corrected chi connectivity index (χ0v) is 11.0. The molecule has 0 amide bonds. The third-order valence-electron chi connectivity index (χ3n) is 2.81. The Kier molecular flexibility index (Phi) is 3.76. The first-order chi connectivity index (χ1) is 8.20. The number of thiazole rings is 1. The van der Waals surface area contributed by atoms with Gasteiger partial charge in [-0.1, -0.05) is 12.1 Å². The number of aryl methyl sites for hydroxylation is 1. The second-order valence-electron chi connectivity index (χ2n) is 4.09. The highest BCUT2D eigenvalue weighted by atomic mass is 32.1. The van der Waals surface area contributed by atoms with Crippen LogP contribution in [0.25, 0.3) is 0 Å². The zero-order valence-electron chi connectivity index (χ0n) is 10.2. The second kappa shape index (κ2) is 5.29. The highest BCUT2D eigenvalue weighted by Crippen LogP contribution is 2.20. The van der Waals surface area contributed by atoms with E-state index in [-0.39, 0.29) is 0 Å². The average Bonchev–Trinajstić information content (AvgIpc) is 2.75. The van der Waals surface area contributed by atoms with E-state index in [0.29, 0.717) is 6.54 Å². The van der Waals surface area contributed by atoms with Crippen molar-refractivity contribution in [2.75, 3.05) is 11.9 Å². The van der Waals surface area contributed by atoms with Crippen molar-refractivity contribution in [1.82, 2.24) is 4.98 Å². The Labute approximate surface area is 106 Å². The number of nitrogens with zero attached hydrogens (tertiary/aromatic N) is 2. The minimum Gasteiger partial charge on any atom is -0.369 e. The van der Waals surface area contributed by atoms with Gasteiger partial charge in [-0.05, 0) is 24.6 Å². The quantitative estimate of drug-likeness (QED) is 0.903. The van der Waals surface area contributed by atoms with E-state index < -0.39 is 0 Å². The van der Waals surface area contributed by atoms with Crippen molar-refractivity contribution in [2.24, 2.45) is 5.73 Å². The second-order valence-corrected chi connectivity index (χ2v) is 5.03. The molecule has 0 atom stereocenters. The van der Waals surface area contributed by atoms with Gasteiger partial charge in [0, 0.05) is 24.2 Å². The van der Waals surface area contributed by atoms with E-state index in [4.69, 9.17) is 5.73 Å². The van der Waals surface area contributed by atoms with Crippen LogP contribution in [0.3, 0.4) is 0 Å². The summed E-state index contributed by atoms with van der Waals surface area (Å²) in [6, 6.07) is 8.34. The summed E-state index contributed by atoms with van der Waals surface area (Å²) >= 11 is 1.71. The summed E-state index contributed by atoms with van der Waals surface area (Å²) in [7, 11) is 2.09. The first-order valence-electron chi connectivity index (χ1n) is 5.60. The van der Waals surface area contributed by atoms with Gasteiger partial charge in [-0.3, -0.25) is 0 Å². The molecule has 4 heteroatoms. The Hall–Kier alpha value is -1.39. The smallest absolute Gasteiger partial charge is 0.0798 e. The molecule has 0 bridgehead atoms. The summed E-state index contributed by atoms with van der Waals surface area (Å²) < 4.78 is 0. The van der Waals surface area contributed by atoms with Crippen molar-refractivity contribution in [3.8, 4) is 0 Å². The van der Waals surface area contributed by atoms with Gasteiger partial charge >= 0.3 is 0 Å². The lowest BCUT2D eigenvalue weighted by Crippen LogP contribution is -2.16. The third kappa shape index (κ3) is 2.84. The van der Waals surface area contributed by atoms with Crippen molar-refractivity contribution in [3.63, 3.8) is 0 Å². The van der Waals surface area contributed by atoms with Crippen LogP contribution in [0.5, 0.6) is 0 Å². The minimum atomic E-state index is 0.585. The van der Waals surface area contributed by atoms with Gasteiger partial charge in [0.1, 0.15) is 0 Å². The summed E-state index contributed by atoms with van der Waals surface area (Å²) in [6.45, 7) is 3.53. The lowest BCUT2D eigenvalue weighted by Gasteiger charge is -2.19. The average molecular weight is 247 g/mol. The molecule has 1 aromatic heterocycles. The van der Waals surface area contributed by atoms with Crippen LogP contribution >= 0.6 is 11.3 Å². The van der Waals surface area contributed by atoms with E-state index in [0.717, 1.165) is 17.8 Å². The van der Waals surface area contributed by atoms with E-state index >= 15 is 0 Å². The molecule has 2 N–H and O–H groups in total. The molecule has 1 aromatic carbocycles. The van der Waals surface area contributed by atoms with Gasteiger partial charge in [-0.2, -0.15) is 0 Å². The predicted molar refractivity (Wildman–Crippen MR) is 73.3 cm³/mol. The monoisotopic (exact) mass is 247 g/mol. The lowest BCUT2D eigenvalue weighted by molar-refractivity contribution is 0.922. The highest BCUT2D eigenvalue weighted by molar-refractivity contribution is 7.09. The Morgan fingerprint density at radius 2 is 2.24 bits per heavy atom. The maximum atomic E-state index is 5.65. The number of rotatable bonds is 4. The minimum absolute atomic E-state index is 0.585. The molecule has 0 aliphatic heterocycles. The summed E-state index contributed by atoms with van der Waals surface area (Å²) in [4.78, 5) is 7.80. The maximum Gasteiger partial charge on any atom is 0.0798 e. The van der Waals surface area contributed by atoms with Gasteiger partial charge < -0.3 is 10.6 Å². The van der Waals surface area contributed by atoms with Crippen LogP contribution in [0.4, 0.5) is 5.69 Å². The van der Waals surface area contributed by atoms with Crippen LogP contribution in [-0.2, 0) is 13.1 Å². The Bertz CT molecular complexity index is 493. The number of benzene rings is 1. The summed E-state index contributed by atoms with van der Waals surface area (Å²) in [5.74, 6) is 0. The highest BCUT2D eigenvalue weighted by Gasteiger charge is 2.06. The van der Waals surface area contributed by atoms with E-state index in [9.17, 15) is 0 Å². The van der Waals surface area contributed by atoms with Gasteiger partial charge in [-0.15, -0.1) is 11.3 Å². The first kappa shape index (κ1) is 12.1. The number of nitrogens with two attached hydrogens (primary N) is 1. The summed E-state index contributed by atoms with van der Waals surface area (Å²) in [5.41, 5.74) is 11.0. The van der Waals surface area contributed by atoms with Crippen LogP contribution < -0.4 is 10.6 Å². The SMILES string of the molecule is Cc1ncsc1CN(C)c1cccc(CN)c1. The number of aromatic nitrogens is 1. The molecule has 1 heterocycles. The fraction of sp³-hybridized carbons (Fsp3) is 0.308. The van der Waals surface area contributed by atoms with Crippen molar-refractivity contribution >= 4 is 17.0 Å². The first-order valence-corrected chi connectivity index (χ1v) is 6.48. The fourth-order valence-electron chi connectivity index (χ4n) is 1.71. The Balaban J connectivity index is 2.14. The molecule has 0 aliphatic carbocycles. The molecular formula is C13H17N3S. The molecule has 0 unspecified atom stereocenters. The van der Waals surface area contributed by atoms with E-state index in [1.54, 1.807) is 11.3 Å². The van der Waals surface area contributed by atoms with Crippen LogP contribution in [0.1, 0.15) is 16.1 Å². The van der Waals surface area contributed by atoms with Gasteiger partial charge in [0.15, 0.2) is 0 Å². The number of anilines is 1. The van der Waals surface area contributed by atoms with Crippen molar-refractivity contribution < 1.29 is 0 Å². The molecule has 0 saturated carbocycles. The van der Waals surface area contributed by atoms with E-state index in [1.807, 2.05) is 11.6 Å². The molecule has 2 aromatic rings. The number of hydrogen-bond donors (Lipinski definition) is 1. The van der Waals surface area contributed by atoms with Crippen LogP contribution in [0.2, 0.25) is 0 Å². The lowest BCUT2D eigenvalue weighted by atomic mass is 10.2. The summed E-state index contributed by atoms with van der Waals surface area (Å²) in [6.07, 6.45) is 0.